The number of quaternary nitrogens is 1. The van der Waals surface area contributed by atoms with Gasteiger partial charge in [-0.25, -0.2) is 0 Å². The van der Waals surface area contributed by atoms with Gasteiger partial charge in [0.25, 0.3) is 0 Å². The molecule has 2 heterocycles. The predicted octanol–water partition coefficient (Wildman–Crippen LogP) is 4.93. The van der Waals surface area contributed by atoms with Gasteiger partial charge in [-0.3, -0.25) is 4.79 Å². The maximum atomic E-state index is 13.8. The molecule has 5 rings (SSSR count). The highest BCUT2D eigenvalue weighted by Crippen LogP contribution is 2.46. The third kappa shape index (κ3) is 6.93. The topological polar surface area (TPSA) is 38.3 Å². The number of halogens is 3. The van der Waals surface area contributed by atoms with Gasteiger partial charge >= 0.3 is 0 Å². The Bertz CT molecular complexity index is 1030. The van der Waals surface area contributed by atoms with E-state index in [2.05, 4.69) is 44.1 Å². The molecule has 3 aliphatic rings. The summed E-state index contributed by atoms with van der Waals surface area (Å²) in [5.74, 6) is 2.11. The summed E-state index contributed by atoms with van der Waals surface area (Å²) in [6.07, 6.45) is 12.0. The van der Waals surface area contributed by atoms with Gasteiger partial charge < -0.3 is 38.5 Å². The molecule has 2 aromatic rings. The van der Waals surface area contributed by atoms with Gasteiger partial charge in [0.2, 0.25) is 5.91 Å². The molecular formula is C30H39Br2IN2O2. The third-order valence-electron chi connectivity index (χ3n) is 8.84. The minimum Gasteiger partial charge on any atom is -1.00 e. The Morgan fingerprint density at radius 1 is 0.892 bits per heavy atom. The first-order valence-corrected chi connectivity index (χ1v) is 15.5. The van der Waals surface area contributed by atoms with E-state index in [0.717, 1.165) is 50.3 Å². The van der Waals surface area contributed by atoms with Crippen LogP contribution in [-0.2, 0) is 4.79 Å². The maximum Gasteiger partial charge on any atom is 0.232 e. The van der Waals surface area contributed by atoms with Crippen molar-refractivity contribution in [1.29, 1.82) is 0 Å². The summed E-state index contributed by atoms with van der Waals surface area (Å²) in [5, 5.41) is 3.46. The first-order chi connectivity index (χ1) is 17.5. The van der Waals surface area contributed by atoms with Gasteiger partial charge in [0.1, 0.15) is 11.5 Å². The van der Waals surface area contributed by atoms with E-state index in [-0.39, 0.29) is 41.8 Å². The molecule has 2 aromatic carbocycles. The van der Waals surface area contributed by atoms with E-state index < -0.39 is 0 Å². The predicted molar refractivity (Wildman–Crippen MR) is 153 cm³/mol. The van der Waals surface area contributed by atoms with Gasteiger partial charge in [-0.05, 0) is 56.2 Å². The fraction of sp³-hybridized carbons (Fsp3) is 0.567. The van der Waals surface area contributed by atoms with Crippen LogP contribution in [0.15, 0.2) is 45.3 Å². The summed E-state index contributed by atoms with van der Waals surface area (Å²) in [7, 11) is 0. The van der Waals surface area contributed by atoms with Crippen molar-refractivity contribution in [2.45, 2.75) is 76.7 Å². The molecule has 1 aliphatic carbocycles. The Balaban J connectivity index is 0.00000320. The number of carbonyl (C=O) groups is 1. The highest BCUT2D eigenvalue weighted by molar-refractivity contribution is 9.10. The van der Waals surface area contributed by atoms with Crippen molar-refractivity contribution in [3.05, 3.63) is 56.5 Å². The highest BCUT2D eigenvalue weighted by atomic mass is 127. The average molecular weight is 746 g/mol. The number of likely N-dealkylation sites (tertiary alicyclic amines) is 1. The minimum atomic E-state index is -0.374. The molecule has 2 aliphatic heterocycles. The molecular weight excluding hydrogens is 707 g/mol. The average Bonchev–Trinajstić information content (AvgIpc) is 2.85. The molecule has 0 atom stereocenters. The van der Waals surface area contributed by atoms with Crippen molar-refractivity contribution >= 4 is 37.8 Å². The molecule has 37 heavy (non-hydrogen) atoms. The summed E-state index contributed by atoms with van der Waals surface area (Å²) >= 11 is 7.18. The van der Waals surface area contributed by atoms with Crippen LogP contribution in [0.2, 0.25) is 0 Å². The molecule has 1 saturated heterocycles. The molecule has 1 N–H and O–H groups in total. The van der Waals surface area contributed by atoms with Crippen LogP contribution in [0.3, 0.4) is 0 Å². The fourth-order valence-corrected chi connectivity index (χ4v) is 7.45. The van der Waals surface area contributed by atoms with Gasteiger partial charge in [0, 0.05) is 44.9 Å². The van der Waals surface area contributed by atoms with Crippen molar-refractivity contribution in [2.24, 2.45) is 5.92 Å². The van der Waals surface area contributed by atoms with E-state index in [4.69, 9.17) is 4.74 Å². The Hall–Kier alpha value is -0.640. The zero-order valence-electron chi connectivity index (χ0n) is 21.8. The second-order valence-electron chi connectivity index (χ2n) is 11.2. The quantitative estimate of drug-likeness (QED) is 0.349. The zero-order valence-corrected chi connectivity index (χ0v) is 27.1. The van der Waals surface area contributed by atoms with Crippen molar-refractivity contribution in [3.8, 4) is 11.5 Å². The van der Waals surface area contributed by atoms with E-state index in [9.17, 15) is 4.79 Å². The number of nitrogens with zero attached hydrogens (tertiary/aromatic N) is 1. The molecule has 1 saturated carbocycles. The fourth-order valence-electron chi connectivity index (χ4n) is 6.69. The van der Waals surface area contributed by atoms with Gasteiger partial charge in [-0.1, -0.05) is 64.0 Å². The van der Waals surface area contributed by atoms with E-state index in [1.165, 1.54) is 75.6 Å². The number of hydrogen-bond donors (Lipinski definition) is 1. The van der Waals surface area contributed by atoms with Gasteiger partial charge in [-0.2, -0.15) is 0 Å². The SMILES string of the molecule is CC[N@+]1(CC2CCCCCCC2)CC[C@H](NC(=O)C2c3cc(Br)ccc3Oc3ccc(Br)cc32)CC1.[I-]. The number of fused-ring (bicyclic) bond motifs is 2. The van der Waals surface area contributed by atoms with Crippen LogP contribution in [0.25, 0.3) is 0 Å². The standard InChI is InChI=1S/C30H38Br2N2O2.HI/c1-2-34(20-21-8-6-4-3-5-7-9-21)16-14-24(15-17-34)33-30(35)29-25-18-22(31)10-12-27(25)36-28-13-11-23(32)19-26(28)29;/h10-13,18-19,21,24,29H,2-9,14-17,20H2,1H3;1H/t24-,34-;. The number of piperidine rings is 1. The van der Waals surface area contributed by atoms with E-state index in [0.29, 0.717) is 0 Å². The third-order valence-corrected chi connectivity index (χ3v) is 9.83. The van der Waals surface area contributed by atoms with E-state index in [1.54, 1.807) is 0 Å². The van der Waals surface area contributed by atoms with Crippen LogP contribution >= 0.6 is 31.9 Å². The molecule has 202 valence electrons. The Labute approximate surface area is 256 Å². The maximum absolute atomic E-state index is 13.8. The number of benzene rings is 2. The number of carbonyl (C=O) groups excluding carboxylic acids is 1. The summed E-state index contributed by atoms with van der Waals surface area (Å²) in [4.78, 5) is 13.8. The molecule has 0 spiro atoms. The lowest BCUT2D eigenvalue weighted by atomic mass is 9.86. The highest BCUT2D eigenvalue weighted by Gasteiger charge is 2.38. The summed E-state index contributed by atoms with van der Waals surface area (Å²) < 4.78 is 9.31. The van der Waals surface area contributed by atoms with Gasteiger partial charge in [0.15, 0.2) is 0 Å². The van der Waals surface area contributed by atoms with Crippen molar-refractivity contribution in [2.75, 3.05) is 26.2 Å². The number of amides is 1. The summed E-state index contributed by atoms with van der Waals surface area (Å²) in [6, 6.07) is 12.1. The zero-order chi connectivity index (χ0) is 25.1. The first-order valence-electron chi connectivity index (χ1n) is 13.9. The lowest BCUT2D eigenvalue weighted by Crippen LogP contribution is -3.00. The van der Waals surface area contributed by atoms with Crippen LogP contribution in [0, 0.1) is 5.92 Å². The second-order valence-corrected chi connectivity index (χ2v) is 13.0. The summed E-state index contributed by atoms with van der Waals surface area (Å²) in [5.41, 5.74) is 1.84. The molecule has 4 nitrogen and oxygen atoms in total. The number of rotatable bonds is 5. The molecule has 1 amide bonds. The molecule has 0 bridgehead atoms. The number of nitrogens with one attached hydrogen (secondary N) is 1. The van der Waals surface area contributed by atoms with Crippen molar-refractivity contribution in [1.82, 2.24) is 5.32 Å². The lowest BCUT2D eigenvalue weighted by Gasteiger charge is -2.45. The number of ether oxygens (including phenoxy) is 1. The van der Waals surface area contributed by atoms with Crippen LogP contribution in [-0.4, -0.2) is 42.6 Å². The molecule has 0 aromatic heterocycles. The Kier molecular flexibility index (Phi) is 10.4. The Morgan fingerprint density at radius 3 is 1.97 bits per heavy atom. The lowest BCUT2D eigenvalue weighted by molar-refractivity contribution is -0.934. The smallest absolute Gasteiger partial charge is 0.232 e. The van der Waals surface area contributed by atoms with Crippen molar-refractivity contribution < 1.29 is 38.0 Å². The minimum absolute atomic E-state index is 0. The molecule has 2 fully saturated rings. The molecule has 0 radical (unpaired) electrons. The van der Waals surface area contributed by atoms with Gasteiger partial charge in [0.05, 0.1) is 32.1 Å². The monoisotopic (exact) mass is 744 g/mol. The first kappa shape index (κ1) is 29.3. The van der Waals surface area contributed by atoms with Crippen molar-refractivity contribution in [3.63, 3.8) is 0 Å². The largest absolute Gasteiger partial charge is 1.00 e. The Morgan fingerprint density at radius 2 is 1.43 bits per heavy atom. The van der Waals surface area contributed by atoms with Crippen LogP contribution < -0.4 is 34.0 Å². The second kappa shape index (κ2) is 13.1. The van der Waals surface area contributed by atoms with Crippen LogP contribution in [0.4, 0.5) is 0 Å². The normalized spacial score (nSPS) is 24.5. The van der Waals surface area contributed by atoms with Crippen LogP contribution in [0.5, 0.6) is 11.5 Å². The molecule has 7 heteroatoms. The number of hydrogen-bond acceptors (Lipinski definition) is 2. The van der Waals surface area contributed by atoms with Crippen LogP contribution in [0.1, 0.15) is 81.8 Å². The van der Waals surface area contributed by atoms with E-state index in [1.807, 2.05) is 36.4 Å². The summed E-state index contributed by atoms with van der Waals surface area (Å²) in [6.45, 7) is 7.26. The van der Waals surface area contributed by atoms with E-state index >= 15 is 0 Å². The molecule has 0 unspecified atom stereocenters. The van der Waals surface area contributed by atoms with Gasteiger partial charge in [-0.15, -0.1) is 0 Å².